The number of rotatable bonds is 1. The average Bonchev–Trinajstić information content (AvgIpc) is 2.14. The van der Waals surface area contributed by atoms with Crippen LogP contribution in [-0.2, 0) is 0 Å². The van der Waals surface area contributed by atoms with Gasteiger partial charge in [0.25, 0.3) is 0 Å². The Bertz CT molecular complexity index is 133. The van der Waals surface area contributed by atoms with Gasteiger partial charge < -0.3 is 0 Å². The summed E-state index contributed by atoms with van der Waals surface area (Å²) >= 11 is 0. The molecule has 4 heteroatoms. The summed E-state index contributed by atoms with van der Waals surface area (Å²) in [4.78, 5) is 3.79. The van der Waals surface area contributed by atoms with Crippen molar-refractivity contribution < 1.29 is 0 Å². The molecule has 0 fully saturated rings. The summed E-state index contributed by atoms with van der Waals surface area (Å²) in [6.07, 6.45) is 2.73. The quantitative estimate of drug-likeness (QED) is 0.479. The molecule has 0 saturated carbocycles. The van der Waals surface area contributed by atoms with Crippen molar-refractivity contribution in [2.75, 3.05) is 13.6 Å². The van der Waals surface area contributed by atoms with Crippen molar-refractivity contribution >= 4 is 0 Å². The van der Waals surface area contributed by atoms with Gasteiger partial charge in [0.2, 0.25) is 0 Å². The van der Waals surface area contributed by atoms with Gasteiger partial charge in [0.05, 0.1) is 7.05 Å². The molecule has 4 nitrogen and oxygen atoms in total. The Labute approximate surface area is 48.4 Å². The van der Waals surface area contributed by atoms with Crippen LogP contribution in [0.5, 0.6) is 0 Å². The van der Waals surface area contributed by atoms with Crippen molar-refractivity contribution in [3.63, 3.8) is 0 Å². The third-order valence-electron chi connectivity index (χ3n) is 0.897. The first-order valence-corrected chi connectivity index (χ1v) is 2.56. The van der Waals surface area contributed by atoms with Crippen molar-refractivity contribution in [3.05, 3.63) is 4.95 Å². The van der Waals surface area contributed by atoms with Crippen LogP contribution in [0.25, 0.3) is 4.95 Å². The van der Waals surface area contributed by atoms with Crippen molar-refractivity contribution in [1.82, 2.24) is 15.7 Å². The molecule has 0 saturated heterocycles. The maximum absolute atomic E-state index is 3.79. The number of nitrogens with one attached hydrogen (secondary N) is 1. The molecule has 0 aromatic carbocycles. The smallest absolute Gasteiger partial charge is 0.106 e. The molecule has 0 radical (unpaired) electrons. The Hall–Kier alpha value is -0.950. The van der Waals surface area contributed by atoms with Crippen molar-refractivity contribution in [1.29, 1.82) is 0 Å². The van der Waals surface area contributed by atoms with E-state index in [0.29, 0.717) is 0 Å². The van der Waals surface area contributed by atoms with E-state index in [2.05, 4.69) is 16.7 Å². The van der Waals surface area contributed by atoms with Crippen LogP contribution in [0.1, 0.15) is 6.92 Å². The number of hydrogen-bond acceptors (Lipinski definition) is 3. The molecule has 1 aliphatic heterocycles. The van der Waals surface area contributed by atoms with Gasteiger partial charge in [-0.3, -0.25) is 0 Å². The topological polar surface area (TPSA) is 22.9 Å². The lowest BCUT2D eigenvalue weighted by Gasteiger charge is -2.00. The zero-order valence-electron chi connectivity index (χ0n) is 5.05. The molecule has 0 atom stereocenters. The van der Waals surface area contributed by atoms with Gasteiger partial charge in [-0.1, -0.05) is 0 Å². The third-order valence-corrected chi connectivity index (χ3v) is 0.897. The van der Waals surface area contributed by atoms with E-state index in [-0.39, 0.29) is 0 Å². The highest BCUT2D eigenvalue weighted by atomic mass is 15.9. The summed E-state index contributed by atoms with van der Waals surface area (Å²) in [6.45, 7) is 2.91. The lowest BCUT2D eigenvalue weighted by atomic mass is 10.7. The highest BCUT2D eigenvalue weighted by Gasteiger charge is 2.16. The molecule has 1 rings (SSSR count). The second-order valence-corrected chi connectivity index (χ2v) is 1.57. The van der Waals surface area contributed by atoms with Gasteiger partial charge in [-0.05, 0) is 22.5 Å². The third kappa shape index (κ3) is 0.820. The van der Waals surface area contributed by atoms with Crippen LogP contribution in [0.4, 0.5) is 0 Å². The van der Waals surface area contributed by atoms with Gasteiger partial charge in [0.1, 0.15) is 6.54 Å². The van der Waals surface area contributed by atoms with Crippen LogP contribution in [0, 0.1) is 6.19 Å². The summed E-state index contributed by atoms with van der Waals surface area (Å²) in [5.74, 6) is 0. The Kier molecular flexibility index (Phi) is 1.22. The van der Waals surface area contributed by atoms with Crippen molar-refractivity contribution in [3.8, 4) is 6.19 Å². The molecule has 0 amide bonds. The van der Waals surface area contributed by atoms with Crippen LogP contribution >= 0.6 is 0 Å². The Morgan fingerprint density at radius 1 is 1.75 bits per heavy atom. The van der Waals surface area contributed by atoms with E-state index in [0.717, 1.165) is 6.54 Å². The molecule has 0 aromatic heterocycles. The molecule has 44 valence electrons. The van der Waals surface area contributed by atoms with Crippen LogP contribution in [0.2, 0.25) is 0 Å². The molecule has 0 unspecified atom stereocenters. The molecule has 8 heavy (non-hydrogen) atoms. The summed E-state index contributed by atoms with van der Waals surface area (Å²) in [7, 11) is 1.82. The molecule has 1 aliphatic rings. The zero-order chi connectivity index (χ0) is 5.98. The standard InChI is InChI=1S/C4H9N4/c1-3-8-4-5-7(2)6-8/h6H,3H2,1-2H3/q+1. The van der Waals surface area contributed by atoms with E-state index < -0.39 is 0 Å². The first kappa shape index (κ1) is 5.19. The molecule has 0 spiro atoms. The second-order valence-electron chi connectivity index (χ2n) is 1.57. The summed E-state index contributed by atoms with van der Waals surface area (Å²) in [6, 6.07) is 0. The first-order valence-electron chi connectivity index (χ1n) is 2.56. The van der Waals surface area contributed by atoms with Crippen LogP contribution in [0.3, 0.4) is 0 Å². The minimum atomic E-state index is 0.883. The summed E-state index contributed by atoms with van der Waals surface area (Å²) in [5.41, 5.74) is 2.89. The number of hydrazine groups is 2. The number of hydrogen-bond donors (Lipinski definition) is 1. The Morgan fingerprint density at radius 3 is 2.75 bits per heavy atom. The van der Waals surface area contributed by atoms with Crippen molar-refractivity contribution in [2.24, 2.45) is 0 Å². The van der Waals surface area contributed by atoms with Gasteiger partial charge >= 0.3 is 6.19 Å². The van der Waals surface area contributed by atoms with Gasteiger partial charge in [0, 0.05) is 0 Å². The monoisotopic (exact) mass is 113 g/mol. The minimum Gasteiger partial charge on any atom is -0.106 e. The minimum absolute atomic E-state index is 0.883. The van der Waals surface area contributed by atoms with Gasteiger partial charge in [-0.15, -0.1) is 5.01 Å². The zero-order valence-corrected chi connectivity index (χ0v) is 5.05. The molecular formula is C4H9N4+. The fraction of sp³-hybridized carbons (Fsp3) is 0.750. The fourth-order valence-electron chi connectivity index (χ4n) is 0.482. The van der Waals surface area contributed by atoms with E-state index >= 15 is 0 Å². The van der Waals surface area contributed by atoms with E-state index in [1.807, 2.05) is 14.0 Å². The van der Waals surface area contributed by atoms with Crippen LogP contribution < -0.4 is 5.53 Å². The normalized spacial score (nSPS) is 16.2. The molecule has 1 N–H and O–H groups in total. The molecule has 0 bridgehead atoms. The molecule has 0 aromatic rings. The predicted octanol–water partition coefficient (Wildman–Crippen LogP) is -0.121. The van der Waals surface area contributed by atoms with Gasteiger partial charge in [0.15, 0.2) is 0 Å². The lowest BCUT2D eigenvalue weighted by Crippen LogP contribution is -2.37. The lowest BCUT2D eigenvalue weighted by molar-refractivity contribution is 0.168. The van der Waals surface area contributed by atoms with E-state index in [1.165, 1.54) is 0 Å². The second kappa shape index (κ2) is 1.88. The van der Waals surface area contributed by atoms with E-state index in [4.69, 9.17) is 0 Å². The number of nitrogens with zero attached hydrogens (tertiary/aromatic N) is 3. The Balaban J connectivity index is 2.39. The maximum atomic E-state index is 3.79. The van der Waals surface area contributed by atoms with Crippen molar-refractivity contribution in [2.45, 2.75) is 6.92 Å². The first-order chi connectivity index (χ1) is 3.83. The highest BCUT2D eigenvalue weighted by Crippen LogP contribution is 1.89. The van der Waals surface area contributed by atoms with E-state index in [9.17, 15) is 0 Å². The predicted molar refractivity (Wildman–Crippen MR) is 30.5 cm³/mol. The highest BCUT2D eigenvalue weighted by molar-refractivity contribution is 4.84. The van der Waals surface area contributed by atoms with Gasteiger partial charge in [-0.2, -0.15) is 0 Å². The molecule has 0 aliphatic carbocycles. The average molecular weight is 113 g/mol. The maximum Gasteiger partial charge on any atom is 0.431 e. The fourth-order valence-corrected chi connectivity index (χ4v) is 0.482. The Morgan fingerprint density at radius 2 is 2.50 bits per heavy atom. The van der Waals surface area contributed by atoms with E-state index in [1.54, 1.807) is 10.1 Å². The largest absolute Gasteiger partial charge is 0.431 e. The SMILES string of the molecule is CCN1C#[N+]N(C)N1. The molecule has 1 heterocycles. The molecular weight excluding hydrogens is 104 g/mol. The van der Waals surface area contributed by atoms with Gasteiger partial charge in [-0.25, -0.2) is 0 Å². The van der Waals surface area contributed by atoms with Crippen LogP contribution in [0.15, 0.2) is 0 Å². The summed E-state index contributed by atoms with van der Waals surface area (Å²) in [5, 5.41) is 3.36. The van der Waals surface area contributed by atoms with Crippen LogP contribution in [-0.4, -0.2) is 23.7 Å². The summed E-state index contributed by atoms with van der Waals surface area (Å²) < 4.78 is 0.